The molecule has 0 spiro atoms. The molecule has 19 heavy (non-hydrogen) atoms. The quantitative estimate of drug-likeness (QED) is 0.511. The molecule has 1 aromatic rings. The number of hydrogen-bond donors (Lipinski definition) is 3. The van der Waals surface area contributed by atoms with Crippen molar-refractivity contribution in [2.24, 2.45) is 11.7 Å². The van der Waals surface area contributed by atoms with E-state index in [4.69, 9.17) is 11.1 Å². The van der Waals surface area contributed by atoms with E-state index in [9.17, 15) is 8.42 Å². The minimum Gasteiger partial charge on any atom is -0.386 e. The summed E-state index contributed by atoms with van der Waals surface area (Å²) in [6, 6.07) is 8.95. The molecule has 5 nitrogen and oxygen atoms in total. The number of rotatable bonds is 7. The van der Waals surface area contributed by atoms with Crippen LogP contribution < -0.4 is 10.5 Å². The van der Waals surface area contributed by atoms with Gasteiger partial charge in [0.2, 0.25) is 10.0 Å². The molecule has 0 radical (unpaired) electrons. The highest BCUT2D eigenvalue weighted by Crippen LogP contribution is 2.32. The van der Waals surface area contributed by atoms with Gasteiger partial charge in [0.1, 0.15) is 5.84 Å². The number of benzene rings is 1. The van der Waals surface area contributed by atoms with Crippen LogP contribution in [0.1, 0.15) is 18.4 Å². The third-order valence-electron chi connectivity index (χ3n) is 3.24. The van der Waals surface area contributed by atoms with Crippen molar-refractivity contribution >= 4 is 15.9 Å². The Kier molecular flexibility index (Phi) is 4.21. The van der Waals surface area contributed by atoms with E-state index in [0.29, 0.717) is 6.42 Å². The van der Waals surface area contributed by atoms with Gasteiger partial charge in [-0.15, -0.1) is 0 Å². The summed E-state index contributed by atoms with van der Waals surface area (Å²) in [6.07, 6.45) is 2.34. The molecular weight excluding hydrogens is 262 g/mol. The highest BCUT2D eigenvalue weighted by Gasteiger charge is 2.35. The minimum absolute atomic E-state index is 0.0213. The molecule has 1 aromatic carbocycles. The normalized spacial score (nSPS) is 17.1. The largest absolute Gasteiger partial charge is 0.386 e. The van der Waals surface area contributed by atoms with E-state index in [1.165, 1.54) is 0 Å². The van der Waals surface area contributed by atoms with E-state index in [-0.39, 0.29) is 17.5 Å². The van der Waals surface area contributed by atoms with Gasteiger partial charge in [-0.1, -0.05) is 30.3 Å². The molecule has 0 heterocycles. The number of nitrogens with one attached hydrogen (secondary N) is 2. The highest BCUT2D eigenvalue weighted by atomic mass is 32.2. The zero-order valence-electron chi connectivity index (χ0n) is 10.7. The van der Waals surface area contributed by atoms with Crippen LogP contribution in [-0.4, -0.2) is 26.0 Å². The van der Waals surface area contributed by atoms with E-state index in [1.807, 2.05) is 30.3 Å². The van der Waals surface area contributed by atoms with Crippen molar-refractivity contribution in [3.8, 4) is 0 Å². The van der Waals surface area contributed by atoms with Gasteiger partial charge in [0.25, 0.3) is 0 Å². The predicted octanol–water partition coefficient (Wildman–Crippen LogP) is 0.863. The van der Waals surface area contributed by atoms with Crippen molar-refractivity contribution in [3.05, 3.63) is 35.9 Å². The van der Waals surface area contributed by atoms with Gasteiger partial charge in [0.15, 0.2) is 0 Å². The van der Waals surface area contributed by atoms with Gasteiger partial charge in [0, 0.05) is 0 Å². The van der Waals surface area contributed by atoms with E-state index in [0.717, 1.165) is 18.4 Å². The summed E-state index contributed by atoms with van der Waals surface area (Å²) in [5.41, 5.74) is 6.43. The van der Waals surface area contributed by atoms with E-state index < -0.39 is 16.1 Å². The number of hydrogen-bond acceptors (Lipinski definition) is 3. The van der Waals surface area contributed by atoms with Gasteiger partial charge in [-0.3, -0.25) is 5.41 Å². The lowest BCUT2D eigenvalue weighted by atomic mass is 10.2. The molecule has 0 amide bonds. The Labute approximate surface area is 113 Å². The standard InChI is InChI=1S/C13H19N3O2S/c14-13(15)12(11-6-7-11)16-19(17,18)9-8-10-4-2-1-3-5-10/h1-5,11-12,16H,6-9H2,(H3,14,15). The fourth-order valence-electron chi connectivity index (χ4n) is 1.99. The SMILES string of the molecule is N=C(N)C(NS(=O)(=O)CCc1ccccc1)C1CC1. The first kappa shape index (κ1) is 14.0. The molecule has 1 fully saturated rings. The fourth-order valence-corrected chi connectivity index (χ4v) is 3.32. The Hall–Kier alpha value is -1.40. The molecule has 1 aliphatic carbocycles. The minimum atomic E-state index is -3.40. The van der Waals surface area contributed by atoms with Crippen LogP contribution in [0.3, 0.4) is 0 Å². The smallest absolute Gasteiger partial charge is 0.212 e. The first-order valence-electron chi connectivity index (χ1n) is 6.36. The molecule has 1 aliphatic rings. The molecule has 104 valence electrons. The molecular formula is C13H19N3O2S. The number of sulfonamides is 1. The Morgan fingerprint density at radius 2 is 2.00 bits per heavy atom. The van der Waals surface area contributed by atoms with Crippen molar-refractivity contribution in [3.63, 3.8) is 0 Å². The van der Waals surface area contributed by atoms with Crippen LogP contribution in [0.2, 0.25) is 0 Å². The van der Waals surface area contributed by atoms with E-state index in [2.05, 4.69) is 4.72 Å². The molecule has 0 bridgehead atoms. The molecule has 1 saturated carbocycles. The fraction of sp³-hybridized carbons (Fsp3) is 0.462. The van der Waals surface area contributed by atoms with Crippen LogP contribution in [-0.2, 0) is 16.4 Å². The van der Waals surface area contributed by atoms with Crippen LogP contribution in [0.4, 0.5) is 0 Å². The maximum absolute atomic E-state index is 12.0. The summed E-state index contributed by atoms with van der Waals surface area (Å²) in [6.45, 7) is 0. The number of amidine groups is 1. The topological polar surface area (TPSA) is 96.0 Å². The summed E-state index contributed by atoms with van der Waals surface area (Å²) in [7, 11) is -3.40. The number of aryl methyl sites for hydroxylation is 1. The third-order valence-corrected chi connectivity index (χ3v) is 4.59. The molecule has 1 unspecified atom stereocenters. The molecule has 0 saturated heterocycles. The first-order chi connectivity index (χ1) is 8.98. The van der Waals surface area contributed by atoms with Crippen molar-refractivity contribution in [2.45, 2.75) is 25.3 Å². The second-order valence-corrected chi connectivity index (χ2v) is 6.82. The maximum Gasteiger partial charge on any atom is 0.212 e. The van der Waals surface area contributed by atoms with Crippen LogP contribution in [0.15, 0.2) is 30.3 Å². The molecule has 4 N–H and O–H groups in total. The van der Waals surface area contributed by atoms with E-state index in [1.54, 1.807) is 0 Å². The molecule has 0 aliphatic heterocycles. The van der Waals surface area contributed by atoms with Gasteiger partial charge in [0.05, 0.1) is 11.8 Å². The lowest BCUT2D eigenvalue weighted by molar-refractivity contribution is 0.562. The third kappa shape index (κ3) is 4.33. The second kappa shape index (κ2) is 5.71. The number of nitrogens with two attached hydrogens (primary N) is 1. The van der Waals surface area contributed by atoms with Gasteiger partial charge < -0.3 is 5.73 Å². The summed E-state index contributed by atoms with van der Waals surface area (Å²) >= 11 is 0. The van der Waals surface area contributed by atoms with Gasteiger partial charge >= 0.3 is 0 Å². The predicted molar refractivity (Wildman–Crippen MR) is 75.5 cm³/mol. The van der Waals surface area contributed by atoms with Crippen LogP contribution in [0.5, 0.6) is 0 Å². The second-order valence-electron chi connectivity index (χ2n) is 4.94. The van der Waals surface area contributed by atoms with Crippen molar-refractivity contribution in [2.75, 3.05) is 5.75 Å². The summed E-state index contributed by atoms with van der Waals surface area (Å²) in [4.78, 5) is 0. The lowest BCUT2D eigenvalue weighted by Crippen LogP contribution is -2.46. The zero-order chi connectivity index (χ0) is 13.9. The molecule has 0 aromatic heterocycles. The van der Waals surface area contributed by atoms with Gasteiger partial charge in [-0.25, -0.2) is 13.1 Å². The maximum atomic E-state index is 12.0. The lowest BCUT2D eigenvalue weighted by Gasteiger charge is -2.16. The van der Waals surface area contributed by atoms with Crippen molar-refractivity contribution in [1.29, 1.82) is 5.41 Å². The first-order valence-corrected chi connectivity index (χ1v) is 8.01. The molecule has 6 heteroatoms. The Balaban J connectivity index is 1.93. The molecule has 1 atom stereocenters. The van der Waals surface area contributed by atoms with Gasteiger partial charge in [-0.05, 0) is 30.7 Å². The Morgan fingerprint density at radius 3 is 2.53 bits per heavy atom. The van der Waals surface area contributed by atoms with Crippen LogP contribution in [0, 0.1) is 11.3 Å². The highest BCUT2D eigenvalue weighted by molar-refractivity contribution is 7.89. The van der Waals surface area contributed by atoms with Crippen molar-refractivity contribution < 1.29 is 8.42 Å². The summed E-state index contributed by atoms with van der Waals surface area (Å²) < 4.78 is 26.5. The van der Waals surface area contributed by atoms with Crippen LogP contribution >= 0.6 is 0 Å². The Morgan fingerprint density at radius 1 is 1.37 bits per heavy atom. The monoisotopic (exact) mass is 281 g/mol. The van der Waals surface area contributed by atoms with E-state index >= 15 is 0 Å². The summed E-state index contributed by atoms with van der Waals surface area (Å²) in [5.74, 6) is 0.128. The zero-order valence-corrected chi connectivity index (χ0v) is 11.5. The van der Waals surface area contributed by atoms with Crippen molar-refractivity contribution in [1.82, 2.24) is 4.72 Å². The average molecular weight is 281 g/mol. The van der Waals surface area contributed by atoms with Gasteiger partial charge in [-0.2, -0.15) is 0 Å². The summed E-state index contributed by atoms with van der Waals surface area (Å²) in [5, 5.41) is 7.45. The molecule has 2 rings (SSSR count). The average Bonchev–Trinajstić information content (AvgIpc) is 3.19. The van der Waals surface area contributed by atoms with Crippen LogP contribution in [0.25, 0.3) is 0 Å². The Bertz CT molecular complexity index is 538.